The van der Waals surface area contributed by atoms with Crippen molar-refractivity contribution in [3.8, 4) is 0 Å². The third-order valence-electron chi connectivity index (χ3n) is 24.3. The minimum Gasteiger partial charge on any atom is -0.394 e. The van der Waals surface area contributed by atoms with E-state index in [1.807, 2.05) is 6.08 Å². The van der Waals surface area contributed by atoms with E-state index >= 15 is 0 Å². The van der Waals surface area contributed by atoms with E-state index in [1.54, 1.807) is 6.08 Å². The highest BCUT2D eigenvalue weighted by Crippen LogP contribution is 2.40. The van der Waals surface area contributed by atoms with Crippen molar-refractivity contribution in [3.05, 3.63) is 12.2 Å². The lowest BCUT2D eigenvalue weighted by Gasteiger charge is -2.52. The molecule has 39 nitrogen and oxygen atoms in total. The van der Waals surface area contributed by atoms with Crippen LogP contribution in [0.4, 0.5) is 0 Å². The van der Waals surface area contributed by atoms with Crippen LogP contribution < -0.4 is 16.0 Å². The molecule has 7 aliphatic rings. The number of rotatable bonds is 55. The van der Waals surface area contributed by atoms with Gasteiger partial charge in [0.2, 0.25) is 17.7 Å². The van der Waals surface area contributed by atoms with Gasteiger partial charge in [0, 0.05) is 20.3 Å². The summed E-state index contributed by atoms with van der Waals surface area (Å²) in [7, 11) is 0. The molecule has 7 heterocycles. The second-order valence-corrected chi connectivity index (χ2v) is 34.1. The summed E-state index contributed by atoms with van der Waals surface area (Å²) in [6.45, 7) is 3.23. The number of carbonyl (C=O) groups is 3. The lowest BCUT2D eigenvalue weighted by Crippen LogP contribution is -2.72. The molecular weight excluding hydrogens is 1630 g/mol. The number of unbranched alkanes of at least 4 members (excludes halogenated alkanes) is 27. The van der Waals surface area contributed by atoms with Crippen molar-refractivity contribution >= 4 is 17.7 Å². The summed E-state index contributed by atoms with van der Waals surface area (Å²) >= 11 is 0. The molecule has 0 aromatic rings. The Balaban J connectivity index is 1.07. The van der Waals surface area contributed by atoms with Crippen molar-refractivity contribution in [2.45, 2.75) is 461 Å². The Morgan fingerprint density at radius 3 is 1.07 bits per heavy atom. The Morgan fingerprint density at radius 2 is 0.650 bits per heavy atom. The standard InChI is InChI=1S/C84H151N3O36/c1-7-9-11-13-15-17-19-21-22-23-24-26-28-30-32-34-36-38-56(96)87-49(50(95)37-35-33-31-29-27-25-20-18-16-14-12-10-8-2)44-110-80-69(107)66(104)72(54(42-91)117-80)118-83-70(108)76(62(100)52(40-89)114-83)123-79-58(86-48(6)94)75(73(55(43-92)116-79)119-81-67(105)64(102)59(97)45(3)111-81)121-84-71(109)77(63(101)53(41-90)115-84)122-78-57(85-47(5)93)74(61(99)51(39-88)113-78)120-82-68(106)65(103)60(98)46(4)112-82/h35,37,45-46,49-55,57-84,88-92,95,97-109H,7-34,36,38-44H2,1-6H3,(H,85,93)(H,86,94)(H,87,96)/b37-35+/t45?,46?,49-,50+,51?,52?,53?,54?,55?,57?,58?,59+,60+,61+,62-,63-,64?,65?,66+,67-,68-,69?,70?,71?,72+,73+,74+,75+,76-,77-,78-,79-,80+,81+,82+,83-,84-/m0/s1. The van der Waals surface area contributed by atoms with Crippen molar-refractivity contribution < 1.29 is 178 Å². The van der Waals surface area contributed by atoms with Gasteiger partial charge in [-0.05, 0) is 33.1 Å². The van der Waals surface area contributed by atoms with Crippen molar-refractivity contribution in [2.75, 3.05) is 39.6 Å². The summed E-state index contributed by atoms with van der Waals surface area (Å²) in [6, 6.07) is -4.86. The predicted octanol–water partition coefficient (Wildman–Crippen LogP) is -1.76. The van der Waals surface area contributed by atoms with Crippen LogP contribution in [-0.4, -0.2) is 381 Å². The molecule has 14 unspecified atom stereocenters. The maximum atomic E-state index is 13.7. The molecule has 0 aromatic carbocycles. The molecule has 7 aliphatic heterocycles. The van der Waals surface area contributed by atoms with E-state index in [2.05, 4.69) is 29.8 Å². The van der Waals surface area contributed by atoms with E-state index < -0.39 is 278 Å². The van der Waals surface area contributed by atoms with E-state index in [0.717, 1.165) is 65.2 Å². The monoisotopic (exact) mass is 1780 g/mol. The molecule has 37 atom stereocenters. The Bertz CT molecular complexity index is 2930. The Morgan fingerprint density at radius 1 is 0.333 bits per heavy atom. The number of hydrogen-bond donors (Lipinski definition) is 22. The fourth-order valence-corrected chi connectivity index (χ4v) is 16.8. The van der Waals surface area contributed by atoms with Gasteiger partial charge in [0.15, 0.2) is 44.0 Å². The van der Waals surface area contributed by atoms with Gasteiger partial charge < -0.3 is 179 Å². The molecule has 0 aliphatic carbocycles. The molecule has 0 bridgehead atoms. The number of allylic oxidation sites excluding steroid dienone is 1. The first kappa shape index (κ1) is 107. The van der Waals surface area contributed by atoms with Gasteiger partial charge in [-0.25, -0.2) is 0 Å². The van der Waals surface area contributed by atoms with Crippen molar-refractivity contribution in [1.29, 1.82) is 0 Å². The van der Waals surface area contributed by atoms with Gasteiger partial charge in [0.05, 0.1) is 64.0 Å². The van der Waals surface area contributed by atoms with Crippen LogP contribution in [0.3, 0.4) is 0 Å². The molecule has 0 spiro atoms. The first-order valence-electron chi connectivity index (χ1n) is 45.2. The number of hydrogen-bond acceptors (Lipinski definition) is 36. The fourth-order valence-electron chi connectivity index (χ4n) is 16.8. The smallest absolute Gasteiger partial charge is 0.220 e. The van der Waals surface area contributed by atoms with Gasteiger partial charge in [-0.3, -0.25) is 14.4 Å². The molecular formula is C84H151N3O36. The average molecular weight is 1780 g/mol. The summed E-state index contributed by atoms with van der Waals surface area (Å²) in [5.41, 5.74) is 0. The van der Waals surface area contributed by atoms with Crippen LogP contribution in [0.1, 0.15) is 234 Å². The van der Waals surface area contributed by atoms with Gasteiger partial charge in [-0.1, -0.05) is 193 Å². The highest BCUT2D eigenvalue weighted by atomic mass is 16.8. The second-order valence-electron chi connectivity index (χ2n) is 34.1. The quantitative estimate of drug-likeness (QED) is 0.0237. The topological polar surface area (TPSA) is 601 Å². The zero-order chi connectivity index (χ0) is 90.0. The average Bonchev–Trinajstić information content (AvgIpc) is 0.760. The van der Waals surface area contributed by atoms with Crippen LogP contribution in [0.5, 0.6) is 0 Å². The first-order valence-corrected chi connectivity index (χ1v) is 45.2. The van der Waals surface area contributed by atoms with Crippen LogP contribution in [0.25, 0.3) is 0 Å². The van der Waals surface area contributed by atoms with E-state index in [1.165, 1.54) is 136 Å². The molecule has 3 amide bonds. The molecule has 718 valence electrons. The van der Waals surface area contributed by atoms with E-state index in [0.29, 0.717) is 12.8 Å². The van der Waals surface area contributed by atoms with Gasteiger partial charge in [-0.2, -0.15) is 0 Å². The summed E-state index contributed by atoms with van der Waals surface area (Å²) in [5.74, 6) is -2.17. The Kier molecular flexibility index (Phi) is 48.5. The molecule has 0 radical (unpaired) electrons. The van der Waals surface area contributed by atoms with E-state index in [-0.39, 0.29) is 12.3 Å². The molecule has 22 N–H and O–H groups in total. The van der Waals surface area contributed by atoms with E-state index in [9.17, 15) is 111 Å². The molecule has 7 saturated heterocycles. The van der Waals surface area contributed by atoms with Crippen LogP contribution in [0, 0.1) is 0 Å². The number of ether oxygens (including phenoxy) is 14. The number of nitrogens with one attached hydrogen (secondary N) is 3. The fraction of sp³-hybridized carbons (Fsp3) is 0.940. The van der Waals surface area contributed by atoms with Crippen molar-refractivity contribution in [2.24, 2.45) is 0 Å². The van der Waals surface area contributed by atoms with Crippen molar-refractivity contribution in [3.63, 3.8) is 0 Å². The predicted molar refractivity (Wildman–Crippen MR) is 433 cm³/mol. The van der Waals surface area contributed by atoms with Gasteiger partial charge in [0.1, 0.15) is 159 Å². The summed E-state index contributed by atoms with van der Waals surface area (Å²) in [4.78, 5) is 40.3. The van der Waals surface area contributed by atoms with Gasteiger partial charge in [0.25, 0.3) is 0 Å². The summed E-state index contributed by atoms with van der Waals surface area (Å²) in [5, 5.41) is 223. The highest BCUT2D eigenvalue weighted by molar-refractivity contribution is 5.76. The molecule has 0 aromatic heterocycles. The molecule has 123 heavy (non-hydrogen) atoms. The second kappa shape index (κ2) is 55.9. The zero-order valence-electron chi connectivity index (χ0n) is 72.4. The number of carbonyl (C=O) groups excluding carboxylic acids is 3. The molecule has 7 rings (SSSR count). The number of aliphatic hydroxyl groups is 19. The molecule has 0 saturated carbocycles. The third kappa shape index (κ3) is 31.8. The van der Waals surface area contributed by atoms with Crippen LogP contribution in [0.2, 0.25) is 0 Å². The van der Waals surface area contributed by atoms with E-state index in [4.69, 9.17) is 66.3 Å². The first-order chi connectivity index (χ1) is 59.0. The van der Waals surface area contributed by atoms with Gasteiger partial charge >= 0.3 is 0 Å². The summed E-state index contributed by atoms with van der Waals surface area (Å²) < 4.78 is 84.9. The largest absolute Gasteiger partial charge is 0.394 e. The van der Waals surface area contributed by atoms with Crippen LogP contribution >= 0.6 is 0 Å². The SMILES string of the molecule is CCCCCCCCCCCCC/C=C/[C@@H](O)[C@H](CO[C@@H]1OC(CO)[C@@H](O[C@@H]2OC(CO)[C@H](O)[C@H](O[C@@H]3OC(CO)[C@@H](O[C@H]4OC(C)[C@@H](O)C(O)[C@@H]4O)[C@H](O[C@@H]4OC(CO)[C@H](O)[C@H](O[C@@H]5OC(CO)[C@@H](O)[C@H](O[C@H]6OC(C)[C@@H](O)C(O)[C@@H]6O)C5NC(C)=O)C4O)C3NC(C)=O)C2O)[C@H](O)C1O)NC(=O)CCCCCCCCCCCCCCCCCCC. The van der Waals surface area contributed by atoms with Crippen molar-refractivity contribution in [1.82, 2.24) is 16.0 Å². The number of aliphatic hydroxyl groups excluding tert-OH is 19. The zero-order valence-corrected chi connectivity index (χ0v) is 72.4. The van der Waals surface area contributed by atoms with Crippen LogP contribution in [0.15, 0.2) is 12.2 Å². The maximum Gasteiger partial charge on any atom is 0.220 e. The number of amides is 3. The minimum atomic E-state index is -2.39. The van der Waals surface area contributed by atoms with Gasteiger partial charge in [-0.15, -0.1) is 0 Å². The Labute approximate surface area is 721 Å². The maximum absolute atomic E-state index is 13.7. The summed E-state index contributed by atoms with van der Waals surface area (Å²) in [6.07, 6.45) is -28.5. The highest BCUT2D eigenvalue weighted by Gasteiger charge is 2.60. The lowest BCUT2D eigenvalue weighted by atomic mass is 9.93. The normalized spacial score (nSPS) is 38.7. The molecule has 7 fully saturated rings. The minimum absolute atomic E-state index is 0.154. The van der Waals surface area contributed by atoms with Crippen LogP contribution in [-0.2, 0) is 80.7 Å². The lowest BCUT2D eigenvalue weighted by molar-refractivity contribution is -0.396. The molecule has 39 heteroatoms. The Hall–Kier alpha value is -3.17. The third-order valence-corrected chi connectivity index (χ3v) is 24.3.